The minimum atomic E-state index is -4.95. The van der Waals surface area contributed by atoms with Gasteiger partial charge >= 0.3 is 39.5 Å². The highest BCUT2D eigenvalue weighted by Crippen LogP contribution is 2.45. The summed E-state index contributed by atoms with van der Waals surface area (Å²) in [5.74, 6) is -0.644. The number of phosphoric ester groups is 2. The Morgan fingerprint density at radius 2 is 0.541 bits per heavy atom. The molecule has 0 bridgehead atoms. The molecule has 0 aliphatic carbocycles. The summed E-state index contributed by atoms with van der Waals surface area (Å²) in [6.07, 6.45) is 42.2. The monoisotopic (exact) mass is 1250 g/mol. The normalized spacial score (nSPS) is 14.2. The van der Waals surface area contributed by atoms with Crippen LogP contribution in [0.3, 0.4) is 0 Å². The van der Waals surface area contributed by atoms with E-state index >= 15 is 0 Å². The average Bonchev–Trinajstić information content (AvgIpc) is 3.58. The first-order valence-corrected chi connectivity index (χ1v) is 37.5. The molecular formula is C66H128O17P2. The molecule has 5 atom stereocenters. The van der Waals surface area contributed by atoms with Gasteiger partial charge in [-0.15, -0.1) is 0 Å². The molecule has 2 unspecified atom stereocenters. The predicted molar refractivity (Wildman–Crippen MR) is 340 cm³/mol. The van der Waals surface area contributed by atoms with Crippen LogP contribution in [0.25, 0.3) is 0 Å². The number of phosphoric acid groups is 2. The van der Waals surface area contributed by atoms with Crippen LogP contribution < -0.4 is 0 Å². The second-order valence-corrected chi connectivity index (χ2v) is 27.7. The van der Waals surface area contributed by atoms with Gasteiger partial charge in [0.05, 0.1) is 26.4 Å². The highest BCUT2D eigenvalue weighted by Gasteiger charge is 2.30. The first-order chi connectivity index (χ1) is 40.9. The Bertz CT molecular complexity index is 1670. The van der Waals surface area contributed by atoms with Crippen molar-refractivity contribution in [1.29, 1.82) is 0 Å². The topological polar surface area (TPSA) is 237 Å². The molecule has 0 spiro atoms. The van der Waals surface area contributed by atoms with E-state index in [1.165, 1.54) is 141 Å². The summed E-state index contributed by atoms with van der Waals surface area (Å²) in [5.41, 5.74) is 0. The zero-order valence-electron chi connectivity index (χ0n) is 54.9. The van der Waals surface area contributed by atoms with E-state index in [0.29, 0.717) is 31.6 Å². The highest BCUT2D eigenvalue weighted by molar-refractivity contribution is 7.47. The Balaban J connectivity index is 5.15. The standard InChI is InChI=1S/C66H128O17P2/c1-7-9-11-13-14-15-16-23-26-31-37-43-49-64(69)77-55-62(83-65(70)50-44-38-32-27-24-21-19-17-18-20-22-25-29-35-40-46-58(3)4)57-81-85(74,75)79-53-60(67)52-78-84(72,73)80-56-61(54-76-63(68)48-42-34-12-10-8-2)82-66(71)51-45-39-33-28-30-36-41-47-59(5)6/h58-62,67H,7-57H2,1-6H3,(H,72,73)(H,74,75)/t60-,61+,62+/m0/s1. The van der Waals surface area contributed by atoms with E-state index in [2.05, 4.69) is 41.5 Å². The van der Waals surface area contributed by atoms with Gasteiger partial charge < -0.3 is 33.8 Å². The summed E-state index contributed by atoms with van der Waals surface area (Å²) in [6, 6.07) is 0. The van der Waals surface area contributed by atoms with Crippen molar-refractivity contribution in [2.75, 3.05) is 39.6 Å². The molecule has 19 heteroatoms. The summed E-state index contributed by atoms with van der Waals surface area (Å²) in [5, 5.41) is 10.5. The number of hydrogen-bond donors (Lipinski definition) is 3. The van der Waals surface area contributed by atoms with Crippen molar-refractivity contribution in [2.45, 2.75) is 349 Å². The van der Waals surface area contributed by atoms with Gasteiger partial charge in [-0.25, -0.2) is 9.13 Å². The molecule has 504 valence electrons. The van der Waals surface area contributed by atoms with Crippen molar-refractivity contribution in [1.82, 2.24) is 0 Å². The summed E-state index contributed by atoms with van der Waals surface area (Å²) in [4.78, 5) is 72.0. The smallest absolute Gasteiger partial charge is 0.462 e. The van der Waals surface area contributed by atoms with E-state index in [9.17, 15) is 43.2 Å². The van der Waals surface area contributed by atoms with Crippen molar-refractivity contribution in [3.8, 4) is 0 Å². The van der Waals surface area contributed by atoms with Crippen LogP contribution >= 0.6 is 15.6 Å². The summed E-state index contributed by atoms with van der Waals surface area (Å²) in [7, 11) is -9.88. The van der Waals surface area contributed by atoms with Crippen LogP contribution in [-0.4, -0.2) is 96.7 Å². The third-order valence-corrected chi connectivity index (χ3v) is 17.1. The lowest BCUT2D eigenvalue weighted by molar-refractivity contribution is -0.161. The van der Waals surface area contributed by atoms with Crippen LogP contribution in [-0.2, 0) is 65.4 Å². The lowest BCUT2D eigenvalue weighted by atomic mass is 10.0. The van der Waals surface area contributed by atoms with Crippen molar-refractivity contribution in [2.24, 2.45) is 11.8 Å². The molecule has 0 aromatic rings. The molecule has 0 heterocycles. The van der Waals surface area contributed by atoms with Crippen molar-refractivity contribution >= 4 is 39.5 Å². The highest BCUT2D eigenvalue weighted by atomic mass is 31.2. The van der Waals surface area contributed by atoms with Gasteiger partial charge in [-0.1, -0.05) is 279 Å². The molecule has 0 aromatic heterocycles. The Hall–Kier alpha value is -1.94. The van der Waals surface area contributed by atoms with Gasteiger partial charge in [0.25, 0.3) is 0 Å². The van der Waals surface area contributed by atoms with Gasteiger partial charge in [0.1, 0.15) is 19.3 Å². The summed E-state index contributed by atoms with van der Waals surface area (Å²) < 4.78 is 67.9. The zero-order chi connectivity index (χ0) is 62.9. The molecule has 0 saturated heterocycles. The van der Waals surface area contributed by atoms with Gasteiger partial charge in [0, 0.05) is 25.7 Å². The molecule has 0 rings (SSSR count). The molecule has 0 aliphatic heterocycles. The molecule has 0 radical (unpaired) electrons. The number of aliphatic hydroxyl groups excluding tert-OH is 1. The van der Waals surface area contributed by atoms with Crippen LogP contribution in [0, 0.1) is 11.8 Å². The number of rotatable bonds is 65. The fourth-order valence-corrected chi connectivity index (χ4v) is 11.5. The first-order valence-electron chi connectivity index (χ1n) is 34.5. The van der Waals surface area contributed by atoms with E-state index in [1.807, 2.05) is 0 Å². The third-order valence-electron chi connectivity index (χ3n) is 15.2. The molecule has 0 saturated carbocycles. The third kappa shape index (κ3) is 60.7. The minimum Gasteiger partial charge on any atom is -0.462 e. The molecular weight excluding hydrogens is 1130 g/mol. The van der Waals surface area contributed by atoms with Crippen LogP contribution in [0.5, 0.6) is 0 Å². The number of ether oxygens (including phenoxy) is 4. The minimum absolute atomic E-state index is 0.102. The molecule has 17 nitrogen and oxygen atoms in total. The number of hydrogen-bond acceptors (Lipinski definition) is 15. The number of carbonyl (C=O) groups is 4. The van der Waals surface area contributed by atoms with E-state index in [0.717, 1.165) is 102 Å². The number of unbranched alkanes of at least 4 members (excludes halogenated alkanes) is 35. The maximum Gasteiger partial charge on any atom is 0.472 e. The van der Waals surface area contributed by atoms with E-state index in [4.69, 9.17) is 37.0 Å². The fourth-order valence-electron chi connectivity index (χ4n) is 9.88. The lowest BCUT2D eigenvalue weighted by Crippen LogP contribution is -2.30. The Kier molecular flexibility index (Phi) is 57.1. The van der Waals surface area contributed by atoms with E-state index in [-0.39, 0.29) is 25.7 Å². The van der Waals surface area contributed by atoms with Gasteiger partial charge in [0.2, 0.25) is 0 Å². The maximum absolute atomic E-state index is 13.0. The van der Waals surface area contributed by atoms with Gasteiger partial charge in [-0.05, 0) is 37.5 Å². The SMILES string of the molecule is CCCCCCCCCCCCCCC(=O)OC[C@H](COP(=O)(O)OC[C@@H](O)COP(=O)(O)OC[C@@H](COC(=O)CCCCCCC)OC(=O)CCCCCCCCCC(C)C)OC(=O)CCCCCCCCCCCCCCCCCC(C)C. The largest absolute Gasteiger partial charge is 0.472 e. The van der Waals surface area contributed by atoms with Gasteiger partial charge in [-0.2, -0.15) is 0 Å². The zero-order valence-corrected chi connectivity index (χ0v) is 56.7. The first kappa shape index (κ1) is 83.1. The van der Waals surface area contributed by atoms with Crippen LogP contribution in [0.2, 0.25) is 0 Å². The Morgan fingerprint density at radius 3 is 0.800 bits per heavy atom. The summed E-state index contributed by atoms with van der Waals surface area (Å²) >= 11 is 0. The fraction of sp³-hybridized carbons (Fsp3) is 0.939. The van der Waals surface area contributed by atoms with Crippen molar-refractivity contribution in [3.05, 3.63) is 0 Å². The van der Waals surface area contributed by atoms with Crippen LogP contribution in [0.1, 0.15) is 330 Å². The Morgan fingerprint density at radius 1 is 0.318 bits per heavy atom. The second kappa shape index (κ2) is 58.4. The molecule has 3 N–H and O–H groups in total. The van der Waals surface area contributed by atoms with Crippen LogP contribution in [0.4, 0.5) is 0 Å². The molecule has 0 aromatic carbocycles. The lowest BCUT2D eigenvalue weighted by Gasteiger charge is -2.21. The Labute approximate surface area is 517 Å². The van der Waals surface area contributed by atoms with Crippen molar-refractivity contribution in [3.63, 3.8) is 0 Å². The van der Waals surface area contributed by atoms with Crippen molar-refractivity contribution < 1.29 is 80.2 Å². The van der Waals surface area contributed by atoms with E-state index in [1.54, 1.807) is 0 Å². The number of carbonyl (C=O) groups excluding carboxylic acids is 4. The second-order valence-electron chi connectivity index (χ2n) is 24.8. The number of aliphatic hydroxyl groups is 1. The molecule has 85 heavy (non-hydrogen) atoms. The maximum atomic E-state index is 13.0. The summed E-state index contributed by atoms with van der Waals surface area (Å²) in [6.45, 7) is 9.39. The number of esters is 4. The van der Waals surface area contributed by atoms with Gasteiger partial charge in [-0.3, -0.25) is 37.3 Å². The van der Waals surface area contributed by atoms with Crippen LogP contribution in [0.15, 0.2) is 0 Å². The molecule has 0 fully saturated rings. The van der Waals surface area contributed by atoms with E-state index < -0.39 is 97.5 Å². The van der Waals surface area contributed by atoms with Gasteiger partial charge in [0.15, 0.2) is 12.2 Å². The quantitative estimate of drug-likeness (QED) is 0.0222. The average molecular weight is 1260 g/mol. The predicted octanol–water partition coefficient (Wildman–Crippen LogP) is 18.4. The molecule has 0 amide bonds. The molecule has 0 aliphatic rings.